The van der Waals surface area contributed by atoms with E-state index in [-0.39, 0.29) is 14.6 Å². The van der Waals surface area contributed by atoms with Crippen LogP contribution in [-0.2, 0) is 0 Å². The average molecular weight is 107 g/mol. The van der Waals surface area contributed by atoms with Crippen LogP contribution in [0.25, 0.3) is 0 Å². The van der Waals surface area contributed by atoms with E-state index in [0.29, 0.717) is 13.1 Å². The molecular weight excluding hydrogens is 94.0 g/mol. The number of nitrogens with one attached hydrogen (secondary N) is 1. The first-order valence-electron chi connectivity index (χ1n) is 2.34. The topological polar surface area (TPSA) is 52.5 Å². The quantitative estimate of drug-likeness (QED) is 0.396. The highest BCUT2D eigenvalue weighted by atomic mass is 16.3. The van der Waals surface area contributed by atoms with E-state index in [0.717, 1.165) is 0 Å². The second-order valence-electron chi connectivity index (χ2n) is 1.20. The summed E-state index contributed by atoms with van der Waals surface area (Å²) in [4.78, 5) is 0. The molecule has 0 spiro atoms. The van der Waals surface area contributed by atoms with Crippen molar-refractivity contribution in [2.24, 2.45) is 0 Å². The molecule has 46 valence electrons. The Morgan fingerprint density at radius 2 is 1.57 bits per heavy atom. The van der Waals surface area contributed by atoms with Gasteiger partial charge in [-0.25, -0.2) is 0 Å². The molecule has 0 aromatic heterocycles. The van der Waals surface area contributed by atoms with Crippen molar-refractivity contribution in [3.63, 3.8) is 0 Å². The second-order valence-corrected chi connectivity index (χ2v) is 1.20. The fourth-order valence-corrected chi connectivity index (χ4v) is 0.283. The SMILES string of the molecule is OCCNCCO.[HH]. The van der Waals surface area contributed by atoms with Crippen LogP contribution in [0.2, 0.25) is 0 Å². The van der Waals surface area contributed by atoms with Crippen molar-refractivity contribution in [1.29, 1.82) is 0 Å². The third kappa shape index (κ3) is 5.88. The summed E-state index contributed by atoms with van der Waals surface area (Å²) < 4.78 is 0. The third-order valence-corrected chi connectivity index (χ3v) is 0.577. The van der Waals surface area contributed by atoms with E-state index in [1.807, 2.05) is 0 Å². The minimum absolute atomic E-state index is 0. The van der Waals surface area contributed by atoms with Crippen LogP contribution in [0.1, 0.15) is 1.43 Å². The summed E-state index contributed by atoms with van der Waals surface area (Å²) in [5.74, 6) is 0. The maximum absolute atomic E-state index is 8.15. The lowest BCUT2D eigenvalue weighted by Gasteiger charge is -1.94. The number of rotatable bonds is 4. The smallest absolute Gasteiger partial charge is 0.0555 e. The van der Waals surface area contributed by atoms with E-state index < -0.39 is 0 Å². The van der Waals surface area contributed by atoms with Gasteiger partial charge in [-0.2, -0.15) is 0 Å². The normalized spacial score (nSPS) is 9.43. The van der Waals surface area contributed by atoms with Crippen molar-refractivity contribution in [2.75, 3.05) is 26.3 Å². The summed E-state index contributed by atoms with van der Waals surface area (Å²) in [7, 11) is 0. The first-order chi connectivity index (χ1) is 3.41. The second kappa shape index (κ2) is 5.88. The largest absolute Gasteiger partial charge is 0.395 e. The molecule has 0 fully saturated rings. The van der Waals surface area contributed by atoms with Crippen LogP contribution in [0.5, 0.6) is 0 Å². The summed E-state index contributed by atoms with van der Waals surface area (Å²) in [5.41, 5.74) is 0. The van der Waals surface area contributed by atoms with Crippen LogP contribution >= 0.6 is 0 Å². The van der Waals surface area contributed by atoms with Gasteiger partial charge in [0.15, 0.2) is 0 Å². The molecule has 0 saturated carbocycles. The van der Waals surface area contributed by atoms with Crippen LogP contribution in [-0.4, -0.2) is 36.5 Å². The maximum atomic E-state index is 8.15. The minimum atomic E-state index is 0. The van der Waals surface area contributed by atoms with Crippen molar-refractivity contribution < 1.29 is 11.6 Å². The molecular formula is C4H13NO2. The van der Waals surface area contributed by atoms with E-state index >= 15 is 0 Å². The molecule has 0 radical (unpaired) electrons. The first kappa shape index (κ1) is 6.88. The zero-order valence-electron chi connectivity index (χ0n) is 4.22. The molecule has 0 heterocycles. The molecule has 0 atom stereocenters. The number of aliphatic hydroxyl groups excluding tert-OH is 2. The van der Waals surface area contributed by atoms with Gasteiger partial charge in [0.1, 0.15) is 0 Å². The van der Waals surface area contributed by atoms with Crippen LogP contribution in [0.15, 0.2) is 0 Å². The Hall–Kier alpha value is -0.120. The molecule has 3 N–H and O–H groups in total. The molecule has 0 aliphatic heterocycles. The molecule has 0 amide bonds. The zero-order valence-corrected chi connectivity index (χ0v) is 4.22. The predicted molar refractivity (Wildman–Crippen MR) is 29.2 cm³/mol. The van der Waals surface area contributed by atoms with Gasteiger partial charge in [-0.3, -0.25) is 0 Å². The lowest BCUT2D eigenvalue weighted by atomic mass is 10.6. The summed E-state index contributed by atoms with van der Waals surface area (Å²) >= 11 is 0. The highest BCUT2D eigenvalue weighted by Crippen LogP contribution is 1.54. The summed E-state index contributed by atoms with van der Waals surface area (Å²) in [5, 5.41) is 19.1. The lowest BCUT2D eigenvalue weighted by Crippen LogP contribution is -2.21. The monoisotopic (exact) mass is 107 g/mol. The molecule has 3 nitrogen and oxygen atoms in total. The van der Waals surface area contributed by atoms with Gasteiger partial charge < -0.3 is 15.5 Å². The van der Waals surface area contributed by atoms with Crippen molar-refractivity contribution in [3.05, 3.63) is 0 Å². The Bertz CT molecular complexity index is 33.2. The molecule has 0 unspecified atom stereocenters. The van der Waals surface area contributed by atoms with Crippen molar-refractivity contribution in [1.82, 2.24) is 5.32 Å². The number of hydrogen-bond acceptors (Lipinski definition) is 3. The molecule has 7 heavy (non-hydrogen) atoms. The fraction of sp³-hybridized carbons (Fsp3) is 1.00. The van der Waals surface area contributed by atoms with E-state index in [1.165, 1.54) is 0 Å². The molecule has 0 aromatic carbocycles. The Balaban J connectivity index is 0. The van der Waals surface area contributed by atoms with Crippen LogP contribution in [0, 0.1) is 0 Å². The van der Waals surface area contributed by atoms with Crippen LogP contribution in [0.3, 0.4) is 0 Å². The molecule has 3 heteroatoms. The van der Waals surface area contributed by atoms with Gasteiger partial charge in [0.05, 0.1) is 13.2 Å². The van der Waals surface area contributed by atoms with Crippen molar-refractivity contribution in [2.45, 2.75) is 0 Å². The lowest BCUT2D eigenvalue weighted by molar-refractivity contribution is 0.267. The Labute approximate surface area is 44.5 Å². The first-order valence-corrected chi connectivity index (χ1v) is 2.34. The Morgan fingerprint density at radius 3 is 1.86 bits per heavy atom. The van der Waals surface area contributed by atoms with Crippen molar-refractivity contribution >= 4 is 0 Å². The maximum Gasteiger partial charge on any atom is 0.0555 e. The number of hydrogen-bond donors (Lipinski definition) is 3. The van der Waals surface area contributed by atoms with Gasteiger partial charge in [-0.1, -0.05) is 0 Å². The highest BCUT2D eigenvalue weighted by molar-refractivity contribution is 4.39. The van der Waals surface area contributed by atoms with E-state index in [9.17, 15) is 0 Å². The highest BCUT2D eigenvalue weighted by Gasteiger charge is 1.78. The molecule has 0 saturated heterocycles. The minimum Gasteiger partial charge on any atom is -0.395 e. The van der Waals surface area contributed by atoms with Crippen LogP contribution < -0.4 is 5.32 Å². The van der Waals surface area contributed by atoms with Gasteiger partial charge in [-0.05, 0) is 0 Å². The molecule has 0 aliphatic rings. The molecule has 0 aromatic rings. The van der Waals surface area contributed by atoms with Crippen molar-refractivity contribution in [3.8, 4) is 0 Å². The van der Waals surface area contributed by atoms with Gasteiger partial charge in [-0.15, -0.1) is 0 Å². The summed E-state index contributed by atoms with van der Waals surface area (Å²) in [6.07, 6.45) is 0. The molecule has 0 bridgehead atoms. The predicted octanol–water partition coefficient (Wildman–Crippen LogP) is -1.19. The Kier molecular flexibility index (Phi) is 5.78. The van der Waals surface area contributed by atoms with Gasteiger partial charge in [0, 0.05) is 14.5 Å². The fourth-order valence-electron chi connectivity index (χ4n) is 0.283. The van der Waals surface area contributed by atoms with E-state index in [1.54, 1.807) is 0 Å². The van der Waals surface area contributed by atoms with Gasteiger partial charge in [0.25, 0.3) is 0 Å². The average Bonchev–Trinajstić information content (AvgIpc) is 1.69. The van der Waals surface area contributed by atoms with E-state index in [2.05, 4.69) is 5.32 Å². The zero-order chi connectivity index (χ0) is 5.54. The molecule has 0 rings (SSSR count). The summed E-state index contributed by atoms with van der Waals surface area (Å²) in [6, 6.07) is 0. The summed E-state index contributed by atoms with van der Waals surface area (Å²) in [6.45, 7) is 1.42. The van der Waals surface area contributed by atoms with Gasteiger partial charge in [0.2, 0.25) is 0 Å². The third-order valence-electron chi connectivity index (χ3n) is 0.577. The molecule has 0 aliphatic carbocycles. The Morgan fingerprint density at radius 1 is 1.14 bits per heavy atom. The standard InChI is InChI=1S/C4H11NO2.H2/c6-3-1-5-2-4-7;/h5-7H,1-4H2;1H. The van der Waals surface area contributed by atoms with Gasteiger partial charge >= 0.3 is 0 Å². The van der Waals surface area contributed by atoms with E-state index in [4.69, 9.17) is 10.2 Å². The van der Waals surface area contributed by atoms with Crippen LogP contribution in [0.4, 0.5) is 0 Å². The number of aliphatic hydroxyl groups is 2.